The van der Waals surface area contributed by atoms with Gasteiger partial charge in [0, 0.05) is 0 Å². The first kappa shape index (κ1) is 17.7. The Hall–Kier alpha value is -1.32. The summed E-state index contributed by atoms with van der Waals surface area (Å²) in [5.74, 6) is 0.0160. The molecule has 120 valence electrons. The van der Waals surface area contributed by atoms with Crippen LogP contribution in [0.15, 0.2) is 16.8 Å². The van der Waals surface area contributed by atoms with E-state index in [2.05, 4.69) is 25.1 Å². The zero-order chi connectivity index (χ0) is 16.3. The molecular formula is C17H29NO3. The lowest BCUT2D eigenvalue weighted by Crippen LogP contribution is -2.26. The van der Waals surface area contributed by atoms with Crippen molar-refractivity contribution in [3.63, 3.8) is 0 Å². The fourth-order valence-corrected chi connectivity index (χ4v) is 2.39. The van der Waals surface area contributed by atoms with Crippen LogP contribution in [0.5, 0.6) is 0 Å². The van der Waals surface area contributed by atoms with E-state index in [1.165, 1.54) is 0 Å². The lowest BCUT2D eigenvalue weighted by Gasteiger charge is -2.19. The highest BCUT2D eigenvalue weighted by atomic mass is 16.6. The van der Waals surface area contributed by atoms with Crippen molar-refractivity contribution in [2.24, 2.45) is 22.4 Å². The molecule has 0 heterocycles. The molecule has 1 aliphatic rings. The summed E-state index contributed by atoms with van der Waals surface area (Å²) in [5.41, 5.74) is 0.520. The molecule has 0 radical (unpaired) electrons. The third kappa shape index (κ3) is 5.18. The second-order valence-corrected chi connectivity index (χ2v) is 7.34. The number of carbonyl (C=O) groups is 1. The van der Waals surface area contributed by atoms with Crippen molar-refractivity contribution in [2.75, 3.05) is 6.61 Å². The molecule has 0 amide bonds. The van der Waals surface area contributed by atoms with Crippen molar-refractivity contribution in [3.05, 3.63) is 11.6 Å². The van der Waals surface area contributed by atoms with Gasteiger partial charge in [-0.2, -0.15) is 0 Å². The van der Waals surface area contributed by atoms with Crippen LogP contribution < -0.4 is 0 Å². The van der Waals surface area contributed by atoms with Crippen LogP contribution in [0.3, 0.4) is 0 Å². The summed E-state index contributed by atoms with van der Waals surface area (Å²) < 4.78 is 5.50. The van der Waals surface area contributed by atoms with Gasteiger partial charge in [-0.1, -0.05) is 32.0 Å². The standard InChI is InChI=1S/C17H29NO3/c1-8-9-20-18-11-12(2)10-13-14(17(13,6)7)15(19)21-16(3,4)5/h10-11,13-14H,8-9H2,1-7H3. The first-order chi connectivity index (χ1) is 9.59. The van der Waals surface area contributed by atoms with Crippen LogP contribution in [-0.2, 0) is 14.4 Å². The fraction of sp³-hybridized carbons (Fsp3) is 0.765. The molecule has 1 rings (SSSR count). The van der Waals surface area contributed by atoms with Crippen molar-refractivity contribution < 1.29 is 14.4 Å². The van der Waals surface area contributed by atoms with E-state index in [4.69, 9.17) is 9.57 Å². The van der Waals surface area contributed by atoms with Gasteiger partial charge in [-0.25, -0.2) is 0 Å². The molecule has 0 N–H and O–H groups in total. The van der Waals surface area contributed by atoms with Crippen molar-refractivity contribution in [3.8, 4) is 0 Å². The third-order valence-corrected chi connectivity index (χ3v) is 3.64. The maximum absolute atomic E-state index is 12.2. The van der Waals surface area contributed by atoms with E-state index in [1.807, 2.05) is 34.6 Å². The Balaban J connectivity index is 2.63. The lowest BCUT2D eigenvalue weighted by atomic mass is 10.1. The van der Waals surface area contributed by atoms with Gasteiger partial charge in [-0.3, -0.25) is 4.79 Å². The van der Waals surface area contributed by atoms with Crippen molar-refractivity contribution in [2.45, 2.75) is 60.5 Å². The molecule has 1 saturated carbocycles. The van der Waals surface area contributed by atoms with Crippen LogP contribution in [-0.4, -0.2) is 24.4 Å². The number of rotatable bonds is 6. The molecule has 0 spiro atoms. The number of oxime groups is 1. The van der Waals surface area contributed by atoms with Gasteiger partial charge in [0.25, 0.3) is 0 Å². The van der Waals surface area contributed by atoms with Gasteiger partial charge in [0.05, 0.1) is 12.1 Å². The van der Waals surface area contributed by atoms with E-state index < -0.39 is 5.60 Å². The number of allylic oxidation sites excluding steroid dienone is 2. The number of esters is 1. The SMILES string of the molecule is CCCON=CC(C)=CC1C(C(=O)OC(C)(C)C)C1(C)C. The predicted octanol–water partition coefficient (Wildman–Crippen LogP) is 3.96. The minimum Gasteiger partial charge on any atom is -0.460 e. The Morgan fingerprint density at radius 3 is 2.48 bits per heavy atom. The van der Waals surface area contributed by atoms with Gasteiger partial charge in [0.15, 0.2) is 0 Å². The average molecular weight is 295 g/mol. The summed E-state index contributed by atoms with van der Waals surface area (Å²) in [6, 6.07) is 0. The van der Waals surface area contributed by atoms with Crippen LogP contribution in [0, 0.1) is 17.3 Å². The summed E-state index contributed by atoms with van der Waals surface area (Å²) in [6.45, 7) is 14.5. The van der Waals surface area contributed by atoms with E-state index in [-0.39, 0.29) is 23.2 Å². The minimum absolute atomic E-state index is 0.0539. The van der Waals surface area contributed by atoms with Crippen LogP contribution in [0.25, 0.3) is 0 Å². The third-order valence-electron chi connectivity index (χ3n) is 3.64. The van der Waals surface area contributed by atoms with E-state index in [1.54, 1.807) is 6.21 Å². The number of nitrogens with zero attached hydrogens (tertiary/aromatic N) is 1. The van der Waals surface area contributed by atoms with E-state index >= 15 is 0 Å². The highest BCUT2D eigenvalue weighted by Gasteiger charge is 2.61. The summed E-state index contributed by atoms with van der Waals surface area (Å²) in [7, 11) is 0. The average Bonchev–Trinajstić information content (AvgIpc) is 2.84. The number of hydrogen-bond donors (Lipinski definition) is 0. The van der Waals surface area contributed by atoms with Crippen molar-refractivity contribution in [1.82, 2.24) is 0 Å². The minimum atomic E-state index is -0.436. The van der Waals surface area contributed by atoms with Gasteiger partial charge in [-0.05, 0) is 51.0 Å². The molecule has 0 aromatic rings. The van der Waals surface area contributed by atoms with Crippen LogP contribution >= 0.6 is 0 Å². The molecule has 4 heteroatoms. The van der Waals surface area contributed by atoms with Gasteiger partial charge >= 0.3 is 5.97 Å². The largest absolute Gasteiger partial charge is 0.460 e. The predicted molar refractivity (Wildman–Crippen MR) is 85.1 cm³/mol. The molecule has 0 saturated heterocycles. The summed E-state index contributed by atoms with van der Waals surface area (Å²) >= 11 is 0. The van der Waals surface area contributed by atoms with E-state index in [0.29, 0.717) is 6.61 Å². The first-order valence-corrected chi connectivity index (χ1v) is 7.66. The highest BCUT2D eigenvalue weighted by Crippen LogP contribution is 2.60. The second kappa shape index (κ2) is 6.63. The number of hydrogen-bond acceptors (Lipinski definition) is 4. The Morgan fingerprint density at radius 2 is 1.95 bits per heavy atom. The Bertz CT molecular complexity index is 430. The van der Waals surface area contributed by atoms with Crippen LogP contribution in [0.1, 0.15) is 54.9 Å². The maximum Gasteiger partial charge on any atom is 0.310 e. The molecule has 0 aromatic heterocycles. The Labute approximate surface area is 128 Å². The monoisotopic (exact) mass is 295 g/mol. The fourth-order valence-electron chi connectivity index (χ4n) is 2.39. The number of carbonyl (C=O) groups excluding carboxylic acids is 1. The van der Waals surface area contributed by atoms with Gasteiger partial charge in [-0.15, -0.1) is 0 Å². The molecule has 1 aliphatic carbocycles. The summed E-state index contributed by atoms with van der Waals surface area (Å²) in [4.78, 5) is 17.3. The Kier molecular flexibility index (Phi) is 5.60. The zero-order valence-corrected chi connectivity index (χ0v) is 14.4. The second-order valence-electron chi connectivity index (χ2n) is 7.34. The normalized spacial score (nSPS) is 25.0. The molecule has 1 fully saturated rings. The molecule has 0 aromatic carbocycles. The first-order valence-electron chi connectivity index (χ1n) is 7.66. The maximum atomic E-state index is 12.2. The Morgan fingerprint density at radius 1 is 1.33 bits per heavy atom. The van der Waals surface area contributed by atoms with Gasteiger partial charge < -0.3 is 9.57 Å². The lowest BCUT2D eigenvalue weighted by molar-refractivity contribution is -0.157. The smallest absolute Gasteiger partial charge is 0.310 e. The van der Waals surface area contributed by atoms with Gasteiger partial charge in [0.1, 0.15) is 12.2 Å². The molecule has 0 aliphatic heterocycles. The van der Waals surface area contributed by atoms with E-state index in [0.717, 1.165) is 12.0 Å². The number of ether oxygens (including phenoxy) is 1. The van der Waals surface area contributed by atoms with Crippen molar-refractivity contribution in [1.29, 1.82) is 0 Å². The summed E-state index contributed by atoms with van der Waals surface area (Å²) in [5, 5.41) is 3.91. The van der Waals surface area contributed by atoms with Crippen LogP contribution in [0.4, 0.5) is 0 Å². The highest BCUT2D eigenvalue weighted by molar-refractivity contribution is 5.81. The van der Waals surface area contributed by atoms with Crippen LogP contribution in [0.2, 0.25) is 0 Å². The summed E-state index contributed by atoms with van der Waals surface area (Å²) in [6.07, 6.45) is 4.74. The molecule has 4 nitrogen and oxygen atoms in total. The van der Waals surface area contributed by atoms with E-state index in [9.17, 15) is 4.79 Å². The zero-order valence-electron chi connectivity index (χ0n) is 14.4. The van der Waals surface area contributed by atoms with Gasteiger partial charge in [0.2, 0.25) is 0 Å². The molecular weight excluding hydrogens is 266 g/mol. The molecule has 2 unspecified atom stereocenters. The molecule has 2 atom stereocenters. The quantitative estimate of drug-likeness (QED) is 0.322. The van der Waals surface area contributed by atoms with Crippen molar-refractivity contribution >= 4 is 12.2 Å². The molecule has 0 bridgehead atoms. The topological polar surface area (TPSA) is 47.9 Å². The molecule has 21 heavy (non-hydrogen) atoms.